The van der Waals surface area contributed by atoms with E-state index in [9.17, 15) is 0 Å². The number of hydrogen-bond donors (Lipinski definition) is 0. The molecular formula is C11H14ClN. The Morgan fingerprint density at radius 3 is 2.85 bits per heavy atom. The number of hydrogen-bond acceptors (Lipinski definition) is 1. The molecule has 0 fully saturated rings. The zero-order valence-corrected chi connectivity index (χ0v) is 8.80. The van der Waals surface area contributed by atoms with Gasteiger partial charge in [0.25, 0.3) is 0 Å². The largest absolute Gasteiger partial charge is 0.369 e. The Bertz CT molecular complexity index is 320. The van der Waals surface area contributed by atoms with Crippen LogP contribution in [0, 0.1) is 0 Å². The van der Waals surface area contributed by atoms with Gasteiger partial charge in [-0.1, -0.05) is 17.7 Å². The maximum atomic E-state index is 5.97. The highest BCUT2D eigenvalue weighted by atomic mass is 35.5. The van der Waals surface area contributed by atoms with E-state index >= 15 is 0 Å². The third kappa shape index (κ3) is 1.53. The normalized spacial score (nSPS) is 15.2. The molecule has 0 aromatic heterocycles. The van der Waals surface area contributed by atoms with E-state index in [-0.39, 0.29) is 0 Å². The lowest BCUT2D eigenvalue weighted by Crippen LogP contribution is -2.28. The summed E-state index contributed by atoms with van der Waals surface area (Å²) in [5.41, 5.74) is 2.75. The predicted octanol–water partition coefficient (Wildman–Crippen LogP) is 3.11. The Labute approximate surface area is 84.3 Å². The highest BCUT2D eigenvalue weighted by Gasteiger charge is 2.20. The lowest BCUT2D eigenvalue weighted by atomic mass is 10.2. The Balaban J connectivity index is 2.40. The molecule has 0 radical (unpaired) electrons. The summed E-state index contributed by atoms with van der Waals surface area (Å²) in [7, 11) is 0. The number of nitrogens with zero attached hydrogens (tertiary/aromatic N) is 1. The van der Waals surface area contributed by atoms with Crippen molar-refractivity contribution in [3.05, 3.63) is 28.8 Å². The SMILES string of the molecule is CC(C)N1CCc2ccc(Cl)cc21. The molecule has 0 aliphatic carbocycles. The molecule has 0 saturated heterocycles. The summed E-state index contributed by atoms with van der Waals surface area (Å²) in [5.74, 6) is 0. The Morgan fingerprint density at radius 2 is 2.15 bits per heavy atom. The van der Waals surface area contributed by atoms with Gasteiger partial charge in [0, 0.05) is 23.3 Å². The van der Waals surface area contributed by atoms with Crippen molar-refractivity contribution in [1.82, 2.24) is 0 Å². The molecule has 0 saturated carbocycles. The number of fused-ring (bicyclic) bond motifs is 1. The summed E-state index contributed by atoms with van der Waals surface area (Å²) in [6.07, 6.45) is 1.16. The zero-order chi connectivity index (χ0) is 9.42. The molecule has 0 bridgehead atoms. The minimum Gasteiger partial charge on any atom is -0.369 e. The number of anilines is 1. The number of halogens is 1. The van der Waals surface area contributed by atoms with Crippen LogP contribution < -0.4 is 4.90 Å². The third-order valence-electron chi connectivity index (χ3n) is 2.60. The van der Waals surface area contributed by atoms with Gasteiger partial charge in [0.05, 0.1) is 0 Å². The van der Waals surface area contributed by atoms with Crippen LogP contribution in [0.5, 0.6) is 0 Å². The smallest absolute Gasteiger partial charge is 0.0426 e. The number of rotatable bonds is 1. The highest BCUT2D eigenvalue weighted by Crippen LogP contribution is 2.31. The highest BCUT2D eigenvalue weighted by molar-refractivity contribution is 6.30. The molecule has 0 N–H and O–H groups in total. The van der Waals surface area contributed by atoms with Crippen molar-refractivity contribution >= 4 is 17.3 Å². The van der Waals surface area contributed by atoms with Crippen molar-refractivity contribution in [3.63, 3.8) is 0 Å². The maximum absolute atomic E-state index is 5.97. The standard InChI is InChI=1S/C11H14ClN/c1-8(2)13-6-5-9-3-4-10(12)7-11(9)13/h3-4,7-8H,5-6H2,1-2H3. The molecule has 1 heterocycles. The van der Waals surface area contributed by atoms with Gasteiger partial charge in [-0.15, -0.1) is 0 Å². The molecule has 0 unspecified atom stereocenters. The van der Waals surface area contributed by atoms with E-state index in [0.29, 0.717) is 6.04 Å². The van der Waals surface area contributed by atoms with Gasteiger partial charge in [-0.3, -0.25) is 0 Å². The van der Waals surface area contributed by atoms with E-state index in [1.54, 1.807) is 0 Å². The van der Waals surface area contributed by atoms with Crippen molar-refractivity contribution in [2.75, 3.05) is 11.4 Å². The molecule has 1 nitrogen and oxygen atoms in total. The van der Waals surface area contributed by atoms with Crippen LogP contribution in [0.4, 0.5) is 5.69 Å². The minimum atomic E-state index is 0.569. The summed E-state index contributed by atoms with van der Waals surface area (Å²) < 4.78 is 0. The van der Waals surface area contributed by atoms with E-state index in [1.807, 2.05) is 6.07 Å². The van der Waals surface area contributed by atoms with Gasteiger partial charge in [0.2, 0.25) is 0 Å². The van der Waals surface area contributed by atoms with Crippen molar-refractivity contribution in [2.24, 2.45) is 0 Å². The Hall–Kier alpha value is -0.690. The topological polar surface area (TPSA) is 3.24 Å². The van der Waals surface area contributed by atoms with Gasteiger partial charge in [-0.25, -0.2) is 0 Å². The van der Waals surface area contributed by atoms with E-state index in [1.165, 1.54) is 11.3 Å². The summed E-state index contributed by atoms with van der Waals surface area (Å²) in [4.78, 5) is 2.40. The molecule has 2 heteroatoms. The molecule has 0 spiro atoms. The first kappa shape index (κ1) is 8.89. The minimum absolute atomic E-state index is 0.569. The molecule has 2 rings (SSSR count). The average molecular weight is 196 g/mol. The van der Waals surface area contributed by atoms with Crippen molar-refractivity contribution in [3.8, 4) is 0 Å². The fourth-order valence-corrected chi connectivity index (χ4v) is 2.08. The van der Waals surface area contributed by atoms with Gasteiger partial charge in [-0.05, 0) is 38.0 Å². The first-order valence-electron chi connectivity index (χ1n) is 4.73. The van der Waals surface area contributed by atoms with Gasteiger partial charge in [0.15, 0.2) is 0 Å². The molecule has 0 amide bonds. The van der Waals surface area contributed by atoms with Crippen LogP contribution in [-0.4, -0.2) is 12.6 Å². The predicted molar refractivity (Wildman–Crippen MR) is 57.6 cm³/mol. The lowest BCUT2D eigenvalue weighted by molar-refractivity contribution is 0.710. The summed E-state index contributed by atoms with van der Waals surface area (Å²) in [6.45, 7) is 5.57. The Morgan fingerprint density at radius 1 is 1.38 bits per heavy atom. The molecule has 13 heavy (non-hydrogen) atoms. The van der Waals surface area contributed by atoms with Crippen LogP contribution in [0.25, 0.3) is 0 Å². The van der Waals surface area contributed by atoms with Crippen LogP contribution in [0.3, 0.4) is 0 Å². The van der Waals surface area contributed by atoms with Crippen molar-refractivity contribution in [1.29, 1.82) is 0 Å². The molecule has 1 aliphatic heterocycles. The van der Waals surface area contributed by atoms with E-state index in [4.69, 9.17) is 11.6 Å². The zero-order valence-electron chi connectivity index (χ0n) is 8.05. The second-order valence-electron chi connectivity index (χ2n) is 3.81. The maximum Gasteiger partial charge on any atom is 0.0426 e. The van der Waals surface area contributed by atoms with Crippen LogP contribution in [0.2, 0.25) is 5.02 Å². The monoisotopic (exact) mass is 195 g/mol. The molecule has 1 aromatic carbocycles. The van der Waals surface area contributed by atoms with E-state index < -0.39 is 0 Å². The van der Waals surface area contributed by atoms with Gasteiger partial charge in [-0.2, -0.15) is 0 Å². The fraction of sp³-hybridized carbons (Fsp3) is 0.455. The molecule has 1 aromatic rings. The van der Waals surface area contributed by atoms with Gasteiger partial charge >= 0.3 is 0 Å². The summed E-state index contributed by atoms with van der Waals surface area (Å²) in [6, 6.07) is 6.76. The van der Waals surface area contributed by atoms with Crippen molar-refractivity contribution in [2.45, 2.75) is 26.3 Å². The molecule has 70 valence electrons. The average Bonchev–Trinajstić information content (AvgIpc) is 2.46. The van der Waals surface area contributed by atoms with Crippen LogP contribution in [0.15, 0.2) is 18.2 Å². The third-order valence-corrected chi connectivity index (χ3v) is 2.84. The number of benzene rings is 1. The second-order valence-corrected chi connectivity index (χ2v) is 4.25. The summed E-state index contributed by atoms with van der Waals surface area (Å²) in [5, 5.41) is 0.839. The summed E-state index contributed by atoms with van der Waals surface area (Å²) >= 11 is 5.97. The van der Waals surface area contributed by atoms with Gasteiger partial charge < -0.3 is 4.90 Å². The first-order valence-corrected chi connectivity index (χ1v) is 5.11. The van der Waals surface area contributed by atoms with Crippen molar-refractivity contribution < 1.29 is 0 Å². The quantitative estimate of drug-likeness (QED) is 0.666. The molecule has 1 aliphatic rings. The molecular weight excluding hydrogens is 182 g/mol. The lowest BCUT2D eigenvalue weighted by Gasteiger charge is -2.23. The van der Waals surface area contributed by atoms with Crippen LogP contribution >= 0.6 is 11.6 Å². The van der Waals surface area contributed by atoms with E-state index in [2.05, 4.69) is 30.9 Å². The second kappa shape index (κ2) is 3.22. The van der Waals surface area contributed by atoms with E-state index in [0.717, 1.165) is 18.0 Å². The first-order chi connectivity index (χ1) is 6.18. The molecule has 0 atom stereocenters. The van der Waals surface area contributed by atoms with Gasteiger partial charge in [0.1, 0.15) is 0 Å². The van der Waals surface area contributed by atoms with Crippen LogP contribution in [-0.2, 0) is 6.42 Å². The fourth-order valence-electron chi connectivity index (χ4n) is 1.91. The Kier molecular flexibility index (Phi) is 2.20. The van der Waals surface area contributed by atoms with Crippen LogP contribution in [0.1, 0.15) is 19.4 Å².